The minimum absolute atomic E-state index is 0.132. The summed E-state index contributed by atoms with van der Waals surface area (Å²) in [4.78, 5) is 8.43. The maximum Gasteiger partial charge on any atom is 0.232 e. The summed E-state index contributed by atoms with van der Waals surface area (Å²) in [5.41, 5.74) is 0.904. The molecule has 0 atom stereocenters. The van der Waals surface area contributed by atoms with Gasteiger partial charge in [-0.1, -0.05) is 13.8 Å². The number of nitrogens with one attached hydrogen (secondary N) is 1. The largest absolute Gasteiger partial charge is 0.474 e. The molecule has 4 heteroatoms. The molecule has 0 fully saturated rings. The van der Waals surface area contributed by atoms with Crippen LogP contribution in [0.15, 0.2) is 12.4 Å². The fraction of sp³-hybridized carbons (Fsp3) is 0.636. The van der Waals surface area contributed by atoms with E-state index >= 15 is 0 Å². The number of rotatable bonds is 5. The van der Waals surface area contributed by atoms with E-state index in [1.54, 1.807) is 12.4 Å². The lowest BCUT2D eigenvalue weighted by Crippen LogP contribution is -2.22. The number of hydrogen-bond acceptors (Lipinski definition) is 4. The van der Waals surface area contributed by atoms with E-state index in [9.17, 15) is 0 Å². The Labute approximate surface area is 91.1 Å². The third kappa shape index (κ3) is 4.74. The van der Waals surface area contributed by atoms with E-state index < -0.39 is 0 Å². The van der Waals surface area contributed by atoms with Crippen molar-refractivity contribution in [3.8, 4) is 5.88 Å². The van der Waals surface area contributed by atoms with Crippen LogP contribution in [0.1, 0.15) is 33.4 Å². The van der Waals surface area contributed by atoms with Crippen LogP contribution < -0.4 is 10.1 Å². The summed E-state index contributed by atoms with van der Waals surface area (Å²) in [5, 5.41) is 3.28. The molecule has 0 bridgehead atoms. The van der Waals surface area contributed by atoms with Crippen LogP contribution in [0.4, 0.5) is 0 Å². The molecular weight excluding hydrogens is 190 g/mol. The molecule has 4 nitrogen and oxygen atoms in total. The van der Waals surface area contributed by atoms with Gasteiger partial charge in [0.1, 0.15) is 0 Å². The predicted molar refractivity (Wildman–Crippen MR) is 59.8 cm³/mol. The molecule has 0 saturated heterocycles. The van der Waals surface area contributed by atoms with Crippen molar-refractivity contribution in [1.82, 2.24) is 15.3 Å². The van der Waals surface area contributed by atoms with E-state index in [2.05, 4.69) is 29.1 Å². The van der Waals surface area contributed by atoms with Crippen LogP contribution >= 0.6 is 0 Å². The molecule has 0 aliphatic rings. The first kappa shape index (κ1) is 11.9. The first-order chi connectivity index (χ1) is 7.08. The highest BCUT2D eigenvalue weighted by Crippen LogP contribution is 2.07. The fourth-order valence-electron chi connectivity index (χ4n) is 1.08. The predicted octanol–water partition coefficient (Wildman–Crippen LogP) is 1.76. The third-order valence-corrected chi connectivity index (χ3v) is 1.71. The van der Waals surface area contributed by atoms with Crippen LogP contribution in [0.25, 0.3) is 0 Å². The monoisotopic (exact) mass is 209 g/mol. The normalized spacial score (nSPS) is 11.1. The second-order valence-electron chi connectivity index (χ2n) is 4.05. The molecule has 0 spiro atoms. The Balaban J connectivity index is 2.57. The van der Waals surface area contributed by atoms with Gasteiger partial charge in [0.25, 0.3) is 0 Å². The molecule has 84 valence electrons. The fourth-order valence-corrected chi connectivity index (χ4v) is 1.08. The maximum absolute atomic E-state index is 5.46. The second kappa shape index (κ2) is 5.66. The number of aromatic nitrogens is 2. The van der Waals surface area contributed by atoms with E-state index in [-0.39, 0.29) is 6.10 Å². The Morgan fingerprint density at radius 2 is 2.00 bits per heavy atom. The molecule has 1 rings (SSSR count). The molecule has 1 aromatic heterocycles. The van der Waals surface area contributed by atoms with Crippen molar-refractivity contribution in [2.45, 2.75) is 46.4 Å². The van der Waals surface area contributed by atoms with Crippen LogP contribution in [0.2, 0.25) is 0 Å². The van der Waals surface area contributed by atoms with Crippen molar-refractivity contribution < 1.29 is 4.74 Å². The molecule has 0 amide bonds. The average Bonchev–Trinajstić information content (AvgIpc) is 2.14. The highest BCUT2D eigenvalue weighted by atomic mass is 16.5. The Bertz CT molecular complexity index is 300. The second-order valence-corrected chi connectivity index (χ2v) is 4.05. The van der Waals surface area contributed by atoms with E-state index in [1.165, 1.54) is 0 Å². The Morgan fingerprint density at radius 1 is 1.27 bits per heavy atom. The summed E-state index contributed by atoms with van der Waals surface area (Å²) >= 11 is 0. The summed E-state index contributed by atoms with van der Waals surface area (Å²) in [7, 11) is 0. The molecule has 0 aromatic carbocycles. The first-order valence-electron chi connectivity index (χ1n) is 5.29. The minimum atomic E-state index is 0.132. The summed E-state index contributed by atoms with van der Waals surface area (Å²) in [6.07, 6.45) is 3.52. The lowest BCUT2D eigenvalue weighted by Gasteiger charge is -2.10. The lowest BCUT2D eigenvalue weighted by molar-refractivity contribution is 0.230. The van der Waals surface area contributed by atoms with E-state index in [0.29, 0.717) is 11.9 Å². The zero-order valence-electron chi connectivity index (χ0n) is 9.82. The topological polar surface area (TPSA) is 47.0 Å². The highest BCUT2D eigenvalue weighted by Gasteiger charge is 2.02. The van der Waals surface area contributed by atoms with Crippen molar-refractivity contribution in [2.24, 2.45) is 0 Å². The van der Waals surface area contributed by atoms with E-state index in [1.807, 2.05) is 13.8 Å². The van der Waals surface area contributed by atoms with Crippen molar-refractivity contribution in [3.63, 3.8) is 0 Å². The van der Waals surface area contributed by atoms with Gasteiger partial charge in [-0.3, -0.25) is 4.98 Å². The van der Waals surface area contributed by atoms with Crippen LogP contribution in [-0.4, -0.2) is 22.1 Å². The Morgan fingerprint density at radius 3 is 2.60 bits per heavy atom. The lowest BCUT2D eigenvalue weighted by atomic mass is 10.3. The highest BCUT2D eigenvalue weighted by molar-refractivity contribution is 5.08. The molecular formula is C11H19N3O. The van der Waals surface area contributed by atoms with Crippen LogP contribution in [0.5, 0.6) is 5.88 Å². The summed E-state index contributed by atoms with van der Waals surface area (Å²) in [6.45, 7) is 8.87. The van der Waals surface area contributed by atoms with Crippen LogP contribution in [0.3, 0.4) is 0 Å². The Kier molecular flexibility index (Phi) is 4.49. The number of nitrogens with zero attached hydrogens (tertiary/aromatic N) is 2. The molecule has 0 aliphatic heterocycles. The van der Waals surface area contributed by atoms with Crippen molar-refractivity contribution >= 4 is 0 Å². The van der Waals surface area contributed by atoms with Gasteiger partial charge in [0.05, 0.1) is 18.0 Å². The average molecular weight is 209 g/mol. The molecule has 1 aromatic rings. The Hall–Kier alpha value is -1.16. The van der Waals surface area contributed by atoms with Crippen molar-refractivity contribution in [3.05, 3.63) is 18.1 Å². The van der Waals surface area contributed by atoms with Gasteiger partial charge in [-0.2, -0.15) is 0 Å². The molecule has 0 saturated carbocycles. The standard InChI is InChI=1S/C11H19N3O/c1-8(2)13-6-10-5-12-7-11(14-10)15-9(3)4/h5,7-9,13H,6H2,1-4H3. The van der Waals surface area contributed by atoms with Crippen LogP contribution in [0, 0.1) is 0 Å². The van der Waals surface area contributed by atoms with Crippen molar-refractivity contribution in [2.75, 3.05) is 0 Å². The zero-order chi connectivity index (χ0) is 11.3. The SMILES string of the molecule is CC(C)NCc1cncc(OC(C)C)n1. The molecule has 1 heterocycles. The van der Waals surface area contributed by atoms with Gasteiger partial charge in [0, 0.05) is 18.8 Å². The van der Waals surface area contributed by atoms with Gasteiger partial charge in [-0.25, -0.2) is 4.98 Å². The number of ether oxygens (including phenoxy) is 1. The summed E-state index contributed by atoms with van der Waals surface area (Å²) < 4.78 is 5.46. The quantitative estimate of drug-likeness (QED) is 0.802. The van der Waals surface area contributed by atoms with Gasteiger partial charge in [-0.05, 0) is 13.8 Å². The van der Waals surface area contributed by atoms with E-state index in [4.69, 9.17) is 4.74 Å². The first-order valence-corrected chi connectivity index (χ1v) is 5.29. The molecule has 0 aliphatic carbocycles. The van der Waals surface area contributed by atoms with Crippen molar-refractivity contribution in [1.29, 1.82) is 0 Å². The van der Waals surface area contributed by atoms with Gasteiger partial charge >= 0.3 is 0 Å². The van der Waals surface area contributed by atoms with Gasteiger partial charge in [0.2, 0.25) is 5.88 Å². The molecule has 0 radical (unpaired) electrons. The minimum Gasteiger partial charge on any atom is -0.474 e. The zero-order valence-corrected chi connectivity index (χ0v) is 9.82. The van der Waals surface area contributed by atoms with Gasteiger partial charge in [0.15, 0.2) is 0 Å². The van der Waals surface area contributed by atoms with E-state index in [0.717, 1.165) is 12.2 Å². The van der Waals surface area contributed by atoms with Gasteiger partial charge in [-0.15, -0.1) is 0 Å². The summed E-state index contributed by atoms with van der Waals surface area (Å²) in [6, 6.07) is 0.446. The maximum atomic E-state index is 5.46. The molecule has 0 unspecified atom stereocenters. The van der Waals surface area contributed by atoms with Gasteiger partial charge < -0.3 is 10.1 Å². The number of hydrogen-bond donors (Lipinski definition) is 1. The third-order valence-electron chi connectivity index (χ3n) is 1.71. The molecule has 1 N–H and O–H groups in total. The smallest absolute Gasteiger partial charge is 0.232 e. The summed E-state index contributed by atoms with van der Waals surface area (Å²) in [5.74, 6) is 0.591. The molecule has 15 heavy (non-hydrogen) atoms. The van der Waals surface area contributed by atoms with Crippen LogP contribution in [-0.2, 0) is 6.54 Å².